The predicted molar refractivity (Wildman–Crippen MR) is 70.2 cm³/mol. The summed E-state index contributed by atoms with van der Waals surface area (Å²) in [6.07, 6.45) is 0. The summed E-state index contributed by atoms with van der Waals surface area (Å²) in [7, 11) is 1.73. The van der Waals surface area contributed by atoms with Crippen LogP contribution in [-0.4, -0.2) is 35.1 Å². The Kier molecular flexibility index (Phi) is 3.41. The lowest BCUT2D eigenvalue weighted by molar-refractivity contribution is 0.0473. The van der Waals surface area contributed by atoms with Crippen molar-refractivity contribution in [2.24, 2.45) is 0 Å². The van der Waals surface area contributed by atoms with E-state index in [0.717, 1.165) is 13.1 Å². The van der Waals surface area contributed by atoms with Crippen molar-refractivity contribution in [1.82, 2.24) is 10.2 Å². The van der Waals surface area contributed by atoms with E-state index in [1.54, 1.807) is 11.9 Å². The molecule has 0 bridgehead atoms. The number of aliphatic hydroxyl groups excluding tert-OH is 1. The van der Waals surface area contributed by atoms with Gasteiger partial charge in [-0.25, -0.2) is 0 Å². The molecular formula is C14H20N2O2. The Morgan fingerprint density at radius 1 is 1.39 bits per heavy atom. The normalized spacial score (nSPS) is 14.4. The van der Waals surface area contributed by atoms with Gasteiger partial charge < -0.3 is 15.3 Å². The second-order valence-electron chi connectivity index (χ2n) is 5.42. The fourth-order valence-electron chi connectivity index (χ4n) is 2.00. The number of nitrogens with one attached hydrogen (secondary N) is 1. The molecule has 2 N–H and O–H groups in total. The number of likely N-dealkylation sites (N-methyl/N-ethyl adjacent to an activating group) is 1. The second kappa shape index (κ2) is 4.71. The topological polar surface area (TPSA) is 52.6 Å². The molecule has 0 saturated heterocycles. The smallest absolute Gasteiger partial charge is 0.254 e. The van der Waals surface area contributed by atoms with Crippen molar-refractivity contribution in [2.45, 2.75) is 32.5 Å². The highest BCUT2D eigenvalue weighted by atomic mass is 16.3. The number of carbonyl (C=O) groups is 1. The van der Waals surface area contributed by atoms with Crippen LogP contribution < -0.4 is 5.32 Å². The van der Waals surface area contributed by atoms with Gasteiger partial charge in [0.2, 0.25) is 0 Å². The highest BCUT2D eigenvalue weighted by Crippen LogP contribution is 2.20. The van der Waals surface area contributed by atoms with Gasteiger partial charge in [0.25, 0.3) is 5.91 Å². The molecule has 1 amide bonds. The summed E-state index contributed by atoms with van der Waals surface area (Å²) < 4.78 is 0. The summed E-state index contributed by atoms with van der Waals surface area (Å²) in [4.78, 5) is 13.9. The Balaban J connectivity index is 2.24. The number of fused-ring (bicyclic) bond motifs is 1. The van der Waals surface area contributed by atoms with E-state index in [0.29, 0.717) is 5.56 Å². The Morgan fingerprint density at radius 2 is 2.06 bits per heavy atom. The van der Waals surface area contributed by atoms with Crippen LogP contribution in [0.15, 0.2) is 18.2 Å². The molecule has 0 unspecified atom stereocenters. The average Bonchev–Trinajstić information content (AvgIpc) is 2.84. The van der Waals surface area contributed by atoms with E-state index in [1.165, 1.54) is 11.1 Å². The van der Waals surface area contributed by atoms with Crippen LogP contribution in [0.5, 0.6) is 0 Å². The third-order valence-corrected chi connectivity index (χ3v) is 3.68. The number of amides is 1. The highest BCUT2D eigenvalue weighted by Gasteiger charge is 2.28. The van der Waals surface area contributed by atoms with E-state index < -0.39 is 5.54 Å². The predicted octanol–water partition coefficient (Wildman–Crippen LogP) is 1.13. The minimum Gasteiger partial charge on any atom is -0.394 e. The summed E-state index contributed by atoms with van der Waals surface area (Å²) in [5.74, 6) is -0.0521. The van der Waals surface area contributed by atoms with E-state index in [-0.39, 0.29) is 12.5 Å². The van der Waals surface area contributed by atoms with Gasteiger partial charge in [0.1, 0.15) is 0 Å². The van der Waals surface area contributed by atoms with Crippen molar-refractivity contribution in [3.8, 4) is 0 Å². The third-order valence-electron chi connectivity index (χ3n) is 3.68. The summed E-state index contributed by atoms with van der Waals surface area (Å²) in [6.45, 7) is 5.34. The van der Waals surface area contributed by atoms with Crippen molar-refractivity contribution in [2.75, 3.05) is 13.7 Å². The van der Waals surface area contributed by atoms with Gasteiger partial charge >= 0.3 is 0 Å². The molecule has 0 spiro atoms. The van der Waals surface area contributed by atoms with Gasteiger partial charge in [-0.05, 0) is 37.1 Å². The van der Waals surface area contributed by atoms with Gasteiger partial charge in [-0.15, -0.1) is 0 Å². The van der Waals surface area contributed by atoms with E-state index in [1.807, 2.05) is 32.0 Å². The standard InChI is InChI=1S/C14H20N2O2/c1-14(2,9-17)16(3)13(18)10-4-5-11-7-15-8-12(11)6-10/h4-6,15,17H,7-9H2,1-3H3. The Morgan fingerprint density at radius 3 is 2.72 bits per heavy atom. The maximum atomic E-state index is 12.3. The van der Waals surface area contributed by atoms with E-state index in [2.05, 4.69) is 5.32 Å². The number of carbonyl (C=O) groups excluding carboxylic acids is 1. The van der Waals surface area contributed by atoms with Crippen molar-refractivity contribution < 1.29 is 9.90 Å². The zero-order chi connectivity index (χ0) is 13.3. The zero-order valence-corrected chi connectivity index (χ0v) is 11.2. The van der Waals surface area contributed by atoms with Crippen LogP contribution in [0.4, 0.5) is 0 Å². The van der Waals surface area contributed by atoms with Crippen LogP contribution in [-0.2, 0) is 13.1 Å². The first kappa shape index (κ1) is 13.1. The SMILES string of the molecule is CN(C(=O)c1ccc2c(c1)CNC2)C(C)(C)CO. The maximum Gasteiger partial charge on any atom is 0.254 e. The first-order chi connectivity index (χ1) is 8.45. The summed E-state index contributed by atoms with van der Waals surface area (Å²) in [5, 5.41) is 12.6. The van der Waals surface area contributed by atoms with Crippen LogP contribution in [0, 0.1) is 0 Å². The lowest BCUT2D eigenvalue weighted by atomic mass is 10.0. The molecule has 0 aromatic heterocycles. The lowest BCUT2D eigenvalue weighted by Gasteiger charge is -2.34. The first-order valence-electron chi connectivity index (χ1n) is 6.17. The zero-order valence-electron chi connectivity index (χ0n) is 11.2. The number of rotatable bonds is 3. The summed E-state index contributed by atoms with van der Waals surface area (Å²) in [5.41, 5.74) is 2.59. The van der Waals surface area contributed by atoms with Gasteiger partial charge in [0, 0.05) is 25.7 Å². The molecule has 1 aromatic rings. The molecule has 1 heterocycles. The van der Waals surface area contributed by atoms with Crippen molar-refractivity contribution in [1.29, 1.82) is 0 Å². The van der Waals surface area contributed by atoms with Gasteiger partial charge in [-0.2, -0.15) is 0 Å². The van der Waals surface area contributed by atoms with E-state index in [9.17, 15) is 9.90 Å². The highest BCUT2D eigenvalue weighted by molar-refractivity contribution is 5.94. The molecule has 0 radical (unpaired) electrons. The van der Waals surface area contributed by atoms with Crippen LogP contribution in [0.1, 0.15) is 35.3 Å². The average molecular weight is 248 g/mol. The van der Waals surface area contributed by atoms with Crippen LogP contribution >= 0.6 is 0 Å². The van der Waals surface area contributed by atoms with Crippen molar-refractivity contribution in [3.63, 3.8) is 0 Å². The molecule has 0 aliphatic carbocycles. The summed E-state index contributed by atoms with van der Waals surface area (Å²) >= 11 is 0. The number of benzene rings is 1. The van der Waals surface area contributed by atoms with Crippen LogP contribution in [0.2, 0.25) is 0 Å². The fourth-order valence-corrected chi connectivity index (χ4v) is 2.00. The number of nitrogens with zero attached hydrogens (tertiary/aromatic N) is 1. The van der Waals surface area contributed by atoms with Gasteiger partial charge in [-0.1, -0.05) is 6.07 Å². The molecule has 1 aliphatic heterocycles. The lowest BCUT2D eigenvalue weighted by Crippen LogP contribution is -2.47. The van der Waals surface area contributed by atoms with Gasteiger partial charge in [0.05, 0.1) is 12.1 Å². The first-order valence-corrected chi connectivity index (χ1v) is 6.17. The number of hydrogen-bond acceptors (Lipinski definition) is 3. The molecule has 4 nitrogen and oxygen atoms in total. The molecule has 0 atom stereocenters. The van der Waals surface area contributed by atoms with E-state index in [4.69, 9.17) is 0 Å². The third kappa shape index (κ3) is 2.26. The number of aliphatic hydroxyl groups is 1. The second-order valence-corrected chi connectivity index (χ2v) is 5.42. The van der Waals surface area contributed by atoms with Crippen molar-refractivity contribution in [3.05, 3.63) is 34.9 Å². The quantitative estimate of drug-likeness (QED) is 0.843. The molecule has 1 aliphatic rings. The molecule has 4 heteroatoms. The molecular weight excluding hydrogens is 228 g/mol. The van der Waals surface area contributed by atoms with Crippen LogP contribution in [0.3, 0.4) is 0 Å². The van der Waals surface area contributed by atoms with Gasteiger partial charge in [-0.3, -0.25) is 4.79 Å². The van der Waals surface area contributed by atoms with Gasteiger partial charge in [0.15, 0.2) is 0 Å². The Hall–Kier alpha value is -1.39. The molecule has 1 aromatic carbocycles. The monoisotopic (exact) mass is 248 g/mol. The van der Waals surface area contributed by atoms with E-state index >= 15 is 0 Å². The maximum absolute atomic E-state index is 12.3. The molecule has 98 valence electrons. The molecule has 0 fully saturated rings. The minimum atomic E-state index is -0.547. The fraction of sp³-hybridized carbons (Fsp3) is 0.500. The minimum absolute atomic E-state index is 0.0521. The molecule has 2 rings (SSSR count). The largest absolute Gasteiger partial charge is 0.394 e. The Bertz CT molecular complexity index is 469. The molecule has 18 heavy (non-hydrogen) atoms. The number of hydrogen-bond donors (Lipinski definition) is 2. The van der Waals surface area contributed by atoms with Crippen LogP contribution in [0.25, 0.3) is 0 Å². The Labute approximate surface area is 108 Å². The molecule has 0 saturated carbocycles. The summed E-state index contributed by atoms with van der Waals surface area (Å²) in [6, 6.07) is 5.81. The van der Waals surface area contributed by atoms with Crippen molar-refractivity contribution >= 4 is 5.91 Å².